The fraction of sp³-hybridized carbons (Fsp3) is 0.929. The van der Waals surface area contributed by atoms with Crippen LogP contribution in [0.15, 0.2) is 0 Å². The van der Waals surface area contributed by atoms with E-state index in [2.05, 4.69) is 21.3 Å². The largest absolute Gasteiger partial charge is 0.469 e. The highest BCUT2D eigenvalue weighted by Gasteiger charge is 2.08. The van der Waals surface area contributed by atoms with Crippen LogP contribution in [0.25, 0.3) is 0 Å². The molecule has 4 N–H and O–H groups in total. The van der Waals surface area contributed by atoms with Gasteiger partial charge in [-0.3, -0.25) is 21.4 Å². The summed E-state index contributed by atoms with van der Waals surface area (Å²) in [4.78, 5) is 13.3. The number of ether oxygens (including phenoxy) is 5. The summed E-state index contributed by atoms with van der Waals surface area (Å²) in [5.74, 6) is 7.78. The van der Waals surface area contributed by atoms with E-state index in [0.29, 0.717) is 66.1 Å². The van der Waals surface area contributed by atoms with Crippen molar-refractivity contribution in [1.82, 2.24) is 4.90 Å². The summed E-state index contributed by atoms with van der Waals surface area (Å²) < 4.78 is 25.5. The van der Waals surface area contributed by atoms with Crippen molar-refractivity contribution in [3.8, 4) is 0 Å². The monoisotopic (exact) mass is 339 g/mol. The van der Waals surface area contributed by atoms with E-state index in [-0.39, 0.29) is 5.97 Å². The van der Waals surface area contributed by atoms with E-state index in [4.69, 9.17) is 18.9 Å². The molecule has 0 aromatic carbocycles. The maximum Gasteiger partial charge on any atom is 0.306 e. The number of nitrogens with two attached hydrogens (primary N) is 2. The Labute approximate surface area is 139 Å². The second-order valence-electron chi connectivity index (χ2n) is 4.21. The van der Waals surface area contributed by atoms with Crippen molar-refractivity contribution in [2.24, 2.45) is 11.7 Å². The fourth-order valence-electron chi connectivity index (χ4n) is 1.48. The molecule has 0 fully saturated rings. The molecule has 0 aliphatic heterocycles. The van der Waals surface area contributed by atoms with E-state index < -0.39 is 0 Å². The molecule has 0 radical (unpaired) electrons. The zero-order chi connectivity index (χ0) is 17.8. The molecule has 0 rings (SSSR count). The van der Waals surface area contributed by atoms with Gasteiger partial charge in [-0.05, 0) is 13.8 Å². The minimum atomic E-state index is -0.217. The average Bonchev–Trinajstić information content (AvgIpc) is 2.59. The Kier molecular flexibility index (Phi) is 22.5. The van der Waals surface area contributed by atoms with E-state index >= 15 is 0 Å². The molecule has 9 nitrogen and oxygen atoms in total. The fourth-order valence-corrected chi connectivity index (χ4v) is 1.48. The molecule has 23 heavy (non-hydrogen) atoms. The molecular formula is C14H33N3O6. The highest BCUT2D eigenvalue weighted by molar-refractivity contribution is 5.69. The molecule has 9 heteroatoms. The van der Waals surface area contributed by atoms with Gasteiger partial charge in [-0.25, -0.2) is 0 Å². The lowest BCUT2D eigenvalue weighted by atomic mass is 10.3. The number of carbonyl (C=O) groups excluding carboxylic acids is 1. The molecular weight excluding hydrogens is 306 g/mol. The Morgan fingerprint density at radius 2 is 1.35 bits per heavy atom. The predicted molar refractivity (Wildman–Crippen MR) is 86.3 cm³/mol. The molecule has 0 unspecified atom stereocenters. The zero-order valence-corrected chi connectivity index (χ0v) is 14.6. The number of nitrogens with zero attached hydrogens (tertiary/aromatic N) is 1. The minimum Gasteiger partial charge on any atom is -0.469 e. The van der Waals surface area contributed by atoms with Crippen LogP contribution < -0.4 is 11.7 Å². The number of methoxy groups -OCH3 is 1. The number of hydrogen-bond acceptors (Lipinski definition) is 9. The molecule has 0 aliphatic carbocycles. The highest BCUT2D eigenvalue weighted by atomic mass is 16.7. The molecule has 0 bridgehead atoms. The third kappa shape index (κ3) is 19.1. The van der Waals surface area contributed by atoms with Crippen molar-refractivity contribution in [2.75, 3.05) is 66.8 Å². The van der Waals surface area contributed by atoms with Crippen LogP contribution in [0.3, 0.4) is 0 Å². The van der Waals surface area contributed by atoms with E-state index in [1.54, 1.807) is 0 Å². The molecule has 0 aromatic rings. The average molecular weight is 339 g/mol. The van der Waals surface area contributed by atoms with E-state index in [1.807, 2.05) is 13.8 Å². The number of hydrogen-bond donors (Lipinski definition) is 2. The first-order chi connectivity index (χ1) is 11.2. The van der Waals surface area contributed by atoms with E-state index in [0.717, 1.165) is 0 Å². The molecule has 0 saturated heterocycles. The van der Waals surface area contributed by atoms with Gasteiger partial charge in [0.1, 0.15) is 13.6 Å². The summed E-state index contributed by atoms with van der Waals surface area (Å²) in [5.41, 5.74) is 0. The van der Waals surface area contributed by atoms with Gasteiger partial charge < -0.3 is 23.7 Å². The first kappa shape index (κ1) is 24.4. The lowest BCUT2D eigenvalue weighted by Gasteiger charge is -2.21. The Morgan fingerprint density at radius 3 is 1.74 bits per heavy atom. The molecule has 140 valence electrons. The second kappa shape index (κ2) is 21.2. The van der Waals surface area contributed by atoms with Gasteiger partial charge in [0.05, 0.1) is 26.7 Å². The van der Waals surface area contributed by atoms with Crippen LogP contribution in [-0.4, -0.2) is 77.6 Å². The van der Waals surface area contributed by atoms with Crippen molar-refractivity contribution in [3.63, 3.8) is 0 Å². The summed E-state index contributed by atoms with van der Waals surface area (Å²) in [7, 11) is 1.39. The van der Waals surface area contributed by atoms with Crippen molar-refractivity contribution >= 4 is 5.97 Å². The van der Waals surface area contributed by atoms with Gasteiger partial charge >= 0.3 is 5.97 Å². The van der Waals surface area contributed by atoms with Gasteiger partial charge in [-0.15, -0.1) is 0 Å². The molecule has 0 saturated carbocycles. The standard InChI is InChI=1S/C14H29NO6.H4N2/c1-4-18-12-20-10-8-15(7-6-14(16)17-3)9-11-21-13-19-5-2;1-2/h4-13H2,1-3H3;1-2H2. The van der Waals surface area contributed by atoms with Crippen molar-refractivity contribution in [3.05, 3.63) is 0 Å². The smallest absolute Gasteiger partial charge is 0.306 e. The first-order valence-corrected chi connectivity index (χ1v) is 7.68. The topological polar surface area (TPSA) is 118 Å². The lowest BCUT2D eigenvalue weighted by Crippen LogP contribution is -2.33. The molecule has 0 heterocycles. The quantitative estimate of drug-likeness (QED) is 0.136. The van der Waals surface area contributed by atoms with Crippen molar-refractivity contribution in [1.29, 1.82) is 0 Å². The lowest BCUT2D eigenvalue weighted by molar-refractivity contribution is -0.141. The van der Waals surface area contributed by atoms with Crippen molar-refractivity contribution in [2.45, 2.75) is 20.3 Å². The van der Waals surface area contributed by atoms with Crippen LogP contribution in [0.4, 0.5) is 0 Å². The van der Waals surface area contributed by atoms with Crippen LogP contribution in [0, 0.1) is 0 Å². The summed E-state index contributed by atoms with van der Waals surface area (Å²) >= 11 is 0. The Morgan fingerprint density at radius 1 is 0.870 bits per heavy atom. The summed E-state index contributed by atoms with van der Waals surface area (Å²) in [6, 6.07) is 0. The molecule has 0 aromatic heterocycles. The Balaban J connectivity index is 0. The molecule has 0 amide bonds. The van der Waals surface area contributed by atoms with Crippen molar-refractivity contribution < 1.29 is 28.5 Å². The van der Waals surface area contributed by atoms with Gasteiger partial charge in [0, 0.05) is 32.8 Å². The normalized spacial score (nSPS) is 10.3. The van der Waals surface area contributed by atoms with Crippen LogP contribution in [-0.2, 0) is 28.5 Å². The van der Waals surface area contributed by atoms with Gasteiger partial charge in [-0.1, -0.05) is 0 Å². The van der Waals surface area contributed by atoms with Gasteiger partial charge in [0.25, 0.3) is 0 Å². The third-order valence-electron chi connectivity index (χ3n) is 2.71. The van der Waals surface area contributed by atoms with Gasteiger partial charge in [0.2, 0.25) is 0 Å². The third-order valence-corrected chi connectivity index (χ3v) is 2.71. The summed E-state index contributed by atoms with van der Waals surface area (Å²) in [6.07, 6.45) is 0.355. The predicted octanol–water partition coefficient (Wildman–Crippen LogP) is -0.308. The van der Waals surface area contributed by atoms with E-state index in [9.17, 15) is 4.79 Å². The van der Waals surface area contributed by atoms with Gasteiger partial charge in [-0.2, -0.15) is 0 Å². The summed E-state index contributed by atoms with van der Waals surface area (Å²) in [5, 5.41) is 0. The van der Waals surface area contributed by atoms with Gasteiger partial charge in [0.15, 0.2) is 0 Å². The van der Waals surface area contributed by atoms with E-state index in [1.165, 1.54) is 7.11 Å². The zero-order valence-electron chi connectivity index (χ0n) is 14.6. The maximum atomic E-state index is 11.2. The maximum absolute atomic E-state index is 11.2. The van der Waals surface area contributed by atoms with Crippen LogP contribution in [0.5, 0.6) is 0 Å². The summed E-state index contributed by atoms with van der Waals surface area (Å²) in [6.45, 7) is 8.83. The number of esters is 1. The number of carbonyl (C=O) groups is 1. The minimum absolute atomic E-state index is 0.217. The van der Waals surface area contributed by atoms with Crippen LogP contribution >= 0.6 is 0 Å². The number of rotatable bonds is 15. The molecule has 0 atom stereocenters. The first-order valence-electron chi connectivity index (χ1n) is 7.68. The second-order valence-corrected chi connectivity index (χ2v) is 4.21. The molecule has 0 spiro atoms. The van der Waals surface area contributed by atoms with Crippen LogP contribution in [0.1, 0.15) is 20.3 Å². The highest BCUT2D eigenvalue weighted by Crippen LogP contribution is 1.95. The molecule has 0 aliphatic rings. The number of hydrazine groups is 1. The van der Waals surface area contributed by atoms with Crippen LogP contribution in [0.2, 0.25) is 0 Å². The Bertz CT molecular complexity index is 233. The Hall–Kier alpha value is -0.810. The SMILES string of the molecule is CCOCOCCN(CCOCOCC)CCC(=O)OC.NN.